The highest BCUT2D eigenvalue weighted by Gasteiger charge is 2.37. The first-order valence-electron chi connectivity index (χ1n) is 10.8. The summed E-state index contributed by atoms with van der Waals surface area (Å²) < 4.78 is 38.0. The standard InChI is InChI=1S/C24H24F3N5O/c1-3-19-10-17(6-7-29-19)20-11-18(13-28)23(30-22(20)16-4-5-16)31-8-9-32(15(2)14-31)21(33)12-24(25,26)27/h3,6-7,10-11,15-16H,1,4-5,8-9,12,14H2,2H3. The van der Waals surface area contributed by atoms with E-state index in [1.165, 1.54) is 4.90 Å². The number of nitrogens with zero attached hydrogens (tertiary/aromatic N) is 5. The number of hydrogen-bond donors (Lipinski definition) is 0. The molecule has 1 saturated heterocycles. The molecule has 1 saturated carbocycles. The molecular formula is C24H24F3N5O. The summed E-state index contributed by atoms with van der Waals surface area (Å²) in [4.78, 5) is 24.4. The number of carbonyl (C=O) groups excluding carboxylic acids is 1. The number of amides is 1. The number of carbonyl (C=O) groups is 1. The number of piperazine rings is 1. The summed E-state index contributed by atoms with van der Waals surface area (Å²) in [6.45, 7) is 6.25. The van der Waals surface area contributed by atoms with Gasteiger partial charge in [0.2, 0.25) is 5.91 Å². The molecule has 0 bridgehead atoms. The molecule has 6 nitrogen and oxygen atoms in total. The molecule has 9 heteroatoms. The summed E-state index contributed by atoms with van der Waals surface area (Å²) in [7, 11) is 0. The molecule has 2 fully saturated rings. The van der Waals surface area contributed by atoms with Crippen LogP contribution in [0.4, 0.5) is 19.0 Å². The van der Waals surface area contributed by atoms with Crippen LogP contribution in [0.15, 0.2) is 31.0 Å². The molecule has 2 aliphatic rings. The fraction of sp³-hybridized carbons (Fsp3) is 0.417. The number of halogens is 3. The average molecular weight is 455 g/mol. The van der Waals surface area contributed by atoms with E-state index in [1.54, 1.807) is 19.2 Å². The number of aromatic nitrogens is 2. The van der Waals surface area contributed by atoms with Crippen LogP contribution in [0.2, 0.25) is 0 Å². The maximum Gasteiger partial charge on any atom is 0.397 e. The Morgan fingerprint density at radius 1 is 1.33 bits per heavy atom. The predicted octanol–water partition coefficient (Wildman–Crippen LogP) is 4.53. The van der Waals surface area contributed by atoms with Gasteiger partial charge in [-0.1, -0.05) is 6.58 Å². The van der Waals surface area contributed by atoms with Gasteiger partial charge in [0, 0.05) is 43.4 Å². The van der Waals surface area contributed by atoms with Crippen molar-refractivity contribution < 1.29 is 18.0 Å². The first kappa shape index (κ1) is 22.8. The third-order valence-corrected chi connectivity index (χ3v) is 6.02. The van der Waals surface area contributed by atoms with Crippen LogP contribution in [-0.4, -0.2) is 52.6 Å². The molecule has 0 aromatic carbocycles. The Hall–Kier alpha value is -3.41. The van der Waals surface area contributed by atoms with E-state index in [2.05, 4.69) is 17.6 Å². The van der Waals surface area contributed by atoms with Gasteiger partial charge in [0.25, 0.3) is 0 Å². The molecule has 0 N–H and O–H groups in total. The Kier molecular flexibility index (Phi) is 6.11. The van der Waals surface area contributed by atoms with Crippen molar-refractivity contribution in [1.29, 1.82) is 5.26 Å². The van der Waals surface area contributed by atoms with Crippen LogP contribution in [-0.2, 0) is 4.79 Å². The summed E-state index contributed by atoms with van der Waals surface area (Å²) in [5, 5.41) is 9.87. The maximum absolute atomic E-state index is 12.7. The summed E-state index contributed by atoms with van der Waals surface area (Å²) >= 11 is 0. The van der Waals surface area contributed by atoms with E-state index in [4.69, 9.17) is 4.98 Å². The number of pyridine rings is 2. The lowest BCUT2D eigenvalue weighted by Gasteiger charge is -2.41. The predicted molar refractivity (Wildman–Crippen MR) is 118 cm³/mol. The summed E-state index contributed by atoms with van der Waals surface area (Å²) in [6, 6.07) is 7.42. The van der Waals surface area contributed by atoms with E-state index in [0.717, 1.165) is 35.4 Å². The Balaban J connectivity index is 1.64. The zero-order valence-electron chi connectivity index (χ0n) is 18.3. The molecule has 1 atom stereocenters. The second kappa shape index (κ2) is 8.85. The first-order valence-corrected chi connectivity index (χ1v) is 10.8. The molecule has 2 aromatic rings. The maximum atomic E-state index is 12.7. The van der Waals surface area contributed by atoms with Crippen LogP contribution >= 0.6 is 0 Å². The van der Waals surface area contributed by atoms with Crippen molar-refractivity contribution in [3.05, 3.63) is 47.9 Å². The molecule has 0 spiro atoms. The van der Waals surface area contributed by atoms with E-state index < -0.39 is 24.5 Å². The summed E-state index contributed by atoms with van der Waals surface area (Å²) in [5.74, 6) is -0.0947. The Bertz CT molecular complexity index is 1120. The number of hydrogen-bond acceptors (Lipinski definition) is 5. The number of anilines is 1. The Labute approximate surface area is 190 Å². The van der Waals surface area contributed by atoms with Gasteiger partial charge in [-0.05, 0) is 49.6 Å². The summed E-state index contributed by atoms with van der Waals surface area (Å²) in [6.07, 6.45) is -0.604. The molecule has 172 valence electrons. The van der Waals surface area contributed by atoms with Crippen molar-refractivity contribution in [1.82, 2.24) is 14.9 Å². The molecule has 1 aliphatic heterocycles. The van der Waals surface area contributed by atoms with Gasteiger partial charge >= 0.3 is 6.18 Å². The SMILES string of the molecule is C=Cc1cc(-c2cc(C#N)c(N3CCN(C(=O)CC(F)(F)F)C(C)C3)nc2C2CC2)ccn1. The lowest BCUT2D eigenvalue weighted by molar-refractivity contribution is -0.163. The van der Waals surface area contributed by atoms with Crippen LogP contribution in [0.5, 0.6) is 0 Å². The van der Waals surface area contributed by atoms with E-state index in [0.29, 0.717) is 30.4 Å². The molecule has 4 rings (SSSR count). The van der Waals surface area contributed by atoms with Gasteiger partial charge in [-0.25, -0.2) is 4.98 Å². The molecule has 0 radical (unpaired) electrons. The minimum atomic E-state index is -4.53. The van der Waals surface area contributed by atoms with Crippen LogP contribution in [0.3, 0.4) is 0 Å². The largest absolute Gasteiger partial charge is 0.397 e. The van der Waals surface area contributed by atoms with Crippen molar-refractivity contribution in [2.45, 2.75) is 44.3 Å². The van der Waals surface area contributed by atoms with Crippen molar-refractivity contribution in [3.63, 3.8) is 0 Å². The van der Waals surface area contributed by atoms with Crippen LogP contribution in [0, 0.1) is 11.3 Å². The second-order valence-corrected chi connectivity index (χ2v) is 8.53. The van der Waals surface area contributed by atoms with Crippen LogP contribution < -0.4 is 4.90 Å². The van der Waals surface area contributed by atoms with Gasteiger partial charge in [-0.2, -0.15) is 18.4 Å². The minimum absolute atomic E-state index is 0.149. The van der Waals surface area contributed by atoms with Gasteiger partial charge in [-0.15, -0.1) is 0 Å². The number of nitriles is 1. The highest BCUT2D eigenvalue weighted by molar-refractivity contribution is 5.78. The molecule has 1 aliphatic carbocycles. The topological polar surface area (TPSA) is 73.1 Å². The van der Waals surface area contributed by atoms with Crippen molar-refractivity contribution in [2.24, 2.45) is 0 Å². The van der Waals surface area contributed by atoms with Gasteiger partial charge in [0.05, 0.1) is 17.0 Å². The lowest BCUT2D eigenvalue weighted by atomic mass is 9.99. The molecule has 1 amide bonds. The fourth-order valence-corrected chi connectivity index (χ4v) is 4.26. The molecular weight excluding hydrogens is 431 g/mol. The lowest BCUT2D eigenvalue weighted by Crippen LogP contribution is -2.55. The Morgan fingerprint density at radius 2 is 2.09 bits per heavy atom. The van der Waals surface area contributed by atoms with E-state index in [1.807, 2.05) is 23.1 Å². The Morgan fingerprint density at radius 3 is 2.70 bits per heavy atom. The van der Waals surface area contributed by atoms with Gasteiger partial charge in [0.1, 0.15) is 18.3 Å². The highest BCUT2D eigenvalue weighted by atomic mass is 19.4. The highest BCUT2D eigenvalue weighted by Crippen LogP contribution is 2.45. The van der Waals surface area contributed by atoms with Gasteiger partial charge in [0.15, 0.2) is 0 Å². The van der Waals surface area contributed by atoms with Gasteiger partial charge in [-0.3, -0.25) is 9.78 Å². The van der Waals surface area contributed by atoms with Gasteiger partial charge < -0.3 is 9.80 Å². The fourth-order valence-electron chi connectivity index (χ4n) is 4.26. The minimum Gasteiger partial charge on any atom is -0.352 e. The van der Waals surface area contributed by atoms with E-state index >= 15 is 0 Å². The zero-order valence-corrected chi connectivity index (χ0v) is 18.3. The van der Waals surface area contributed by atoms with Crippen molar-refractivity contribution in [2.75, 3.05) is 24.5 Å². The molecule has 2 aromatic heterocycles. The third-order valence-electron chi connectivity index (χ3n) is 6.02. The van der Waals surface area contributed by atoms with E-state index in [9.17, 15) is 23.2 Å². The normalized spacial score (nSPS) is 18.7. The molecule has 3 heterocycles. The van der Waals surface area contributed by atoms with Crippen molar-refractivity contribution >= 4 is 17.8 Å². The first-order chi connectivity index (χ1) is 15.7. The van der Waals surface area contributed by atoms with Crippen LogP contribution in [0.25, 0.3) is 17.2 Å². The van der Waals surface area contributed by atoms with Crippen molar-refractivity contribution in [3.8, 4) is 17.2 Å². The quantitative estimate of drug-likeness (QED) is 0.663. The molecule has 33 heavy (non-hydrogen) atoms. The average Bonchev–Trinajstić information content (AvgIpc) is 3.62. The number of rotatable bonds is 5. The smallest absolute Gasteiger partial charge is 0.352 e. The molecule has 1 unspecified atom stereocenters. The second-order valence-electron chi connectivity index (χ2n) is 8.53. The number of alkyl halides is 3. The monoisotopic (exact) mass is 455 g/mol. The third kappa shape index (κ3) is 5.00. The zero-order chi connectivity index (χ0) is 23.8. The van der Waals surface area contributed by atoms with Crippen LogP contribution in [0.1, 0.15) is 49.1 Å². The summed E-state index contributed by atoms with van der Waals surface area (Å²) in [5.41, 5.74) is 3.83. The van der Waals surface area contributed by atoms with E-state index in [-0.39, 0.29) is 6.54 Å².